The Kier molecular flexibility index (Phi) is 9.76. The summed E-state index contributed by atoms with van der Waals surface area (Å²) < 4.78 is 0. The number of rotatable bonds is 13. The Balaban J connectivity index is 1.65. The normalized spacial score (nSPS) is 13.5. The molecule has 0 atom stereocenters. The number of pyridine rings is 1. The number of hydrogen-bond donors (Lipinski definition) is 2. The van der Waals surface area contributed by atoms with Crippen LogP contribution in [0.5, 0.6) is 0 Å². The van der Waals surface area contributed by atoms with Crippen molar-refractivity contribution in [3.05, 3.63) is 72.2 Å². The van der Waals surface area contributed by atoms with E-state index in [4.69, 9.17) is 12.7 Å². The number of hydrogen-bond acceptors (Lipinski definition) is 4. The fourth-order valence-corrected chi connectivity index (χ4v) is 3.73. The maximum Gasteiger partial charge on any atom is 0.0728 e. The fourth-order valence-electron chi connectivity index (χ4n) is 3.73. The first kappa shape index (κ1) is 26.8. The molecule has 2 heterocycles. The summed E-state index contributed by atoms with van der Waals surface area (Å²) in [5, 5.41) is 7.80. The van der Waals surface area contributed by atoms with E-state index in [1.165, 1.54) is 16.5 Å². The van der Waals surface area contributed by atoms with E-state index in [1.807, 2.05) is 30.6 Å². The Morgan fingerprint density at radius 1 is 1.20 bits per heavy atom. The van der Waals surface area contributed by atoms with Crippen molar-refractivity contribution in [3.63, 3.8) is 0 Å². The lowest BCUT2D eigenvalue weighted by Crippen LogP contribution is -2.32. The Hall–Kier alpha value is -2.83. The van der Waals surface area contributed by atoms with Crippen LogP contribution in [0.15, 0.2) is 66.7 Å². The fraction of sp³-hybridized carbons (Fsp3) is 0.414. The minimum atomic E-state index is -0.0216. The number of hydroxylamine groups is 2. The zero-order valence-corrected chi connectivity index (χ0v) is 21.9. The highest BCUT2D eigenvalue weighted by atomic mass is 16.7. The monoisotopic (exact) mass is 470 g/mol. The third-order valence-corrected chi connectivity index (χ3v) is 6.12. The van der Waals surface area contributed by atoms with E-state index in [2.05, 4.69) is 85.5 Å². The maximum absolute atomic E-state index is 5.85. The van der Waals surface area contributed by atoms with Gasteiger partial charge < -0.3 is 10.3 Å². The smallest absolute Gasteiger partial charge is 0.0728 e. The van der Waals surface area contributed by atoms with Crippen molar-refractivity contribution in [3.8, 4) is 0 Å². The Morgan fingerprint density at radius 3 is 2.77 bits per heavy atom. The van der Waals surface area contributed by atoms with Crippen LogP contribution in [0.3, 0.4) is 0 Å². The van der Waals surface area contributed by atoms with Crippen LogP contribution in [0.1, 0.15) is 46.1 Å². The predicted octanol–water partition coefficient (Wildman–Crippen LogP) is 6.43. The molecule has 0 saturated carbocycles. The second-order valence-electron chi connectivity index (χ2n) is 9.75. The molecule has 0 spiro atoms. The first-order valence-corrected chi connectivity index (χ1v) is 12.5. The van der Waals surface area contributed by atoms with Gasteiger partial charge in [0.05, 0.1) is 14.5 Å². The highest BCUT2D eigenvalue weighted by Gasteiger charge is 2.16. The summed E-state index contributed by atoms with van der Waals surface area (Å²) in [4.78, 5) is 13.6. The summed E-state index contributed by atoms with van der Waals surface area (Å²) in [6.07, 6.45) is 15.2. The molecule has 0 aliphatic rings. The number of fused-ring (bicyclic) bond motifs is 3. The summed E-state index contributed by atoms with van der Waals surface area (Å²) in [7, 11) is 7.77. The van der Waals surface area contributed by atoms with Gasteiger partial charge in [-0.05, 0) is 48.1 Å². The molecule has 2 radical (unpaired) electrons. The van der Waals surface area contributed by atoms with Crippen LogP contribution in [0.2, 0.25) is 6.32 Å². The average Bonchev–Trinajstić information content (AvgIpc) is 3.24. The third-order valence-electron chi connectivity index (χ3n) is 6.12. The SMILES string of the molecule is [B]CC(C)(C)CON(C)CCNC(/C=C\C(=C/C)c1ccc2c(c1)[nH]c1ccncc12)=C\CCC. The molecule has 3 rings (SSSR count). The standard InChI is InChI=1S/C29H39BN4O/c1-6-8-9-24(32-16-17-34(5)35-21-29(3,4)20-30)12-10-22(7-2)23-11-13-25-26-19-31-15-14-27(26)33-28(25)18-23/h7,9-15,18-19,32-33H,6,8,16-17,20-21H2,1-5H3/b12-10-,22-7+,24-9-. The van der Waals surface area contributed by atoms with Gasteiger partial charge in [0, 0.05) is 60.0 Å². The number of aromatic nitrogens is 2. The van der Waals surface area contributed by atoms with Crippen molar-refractivity contribution in [1.29, 1.82) is 0 Å². The van der Waals surface area contributed by atoms with E-state index in [-0.39, 0.29) is 5.41 Å². The van der Waals surface area contributed by atoms with E-state index < -0.39 is 0 Å². The molecule has 35 heavy (non-hydrogen) atoms. The van der Waals surface area contributed by atoms with Gasteiger partial charge in [-0.2, -0.15) is 5.06 Å². The number of allylic oxidation sites excluding steroid dienone is 5. The van der Waals surface area contributed by atoms with Crippen LogP contribution in [0.25, 0.3) is 27.4 Å². The van der Waals surface area contributed by atoms with Crippen molar-refractivity contribution >= 4 is 35.2 Å². The molecule has 0 bridgehead atoms. The molecule has 1 aromatic carbocycles. The summed E-state index contributed by atoms with van der Waals surface area (Å²) in [6, 6.07) is 8.59. The van der Waals surface area contributed by atoms with Gasteiger partial charge in [0.25, 0.3) is 0 Å². The molecule has 0 unspecified atom stereocenters. The van der Waals surface area contributed by atoms with Gasteiger partial charge in [0.1, 0.15) is 0 Å². The molecular formula is C29H39BN4O. The van der Waals surface area contributed by atoms with Crippen LogP contribution < -0.4 is 5.32 Å². The summed E-state index contributed by atoms with van der Waals surface area (Å²) >= 11 is 0. The predicted molar refractivity (Wildman–Crippen MR) is 150 cm³/mol. The molecule has 184 valence electrons. The Morgan fingerprint density at radius 2 is 2.03 bits per heavy atom. The largest absolute Gasteiger partial charge is 0.384 e. The first-order valence-electron chi connectivity index (χ1n) is 12.5. The molecular weight excluding hydrogens is 431 g/mol. The topological polar surface area (TPSA) is 53.2 Å². The lowest BCUT2D eigenvalue weighted by Gasteiger charge is -2.26. The van der Waals surface area contributed by atoms with Gasteiger partial charge in [-0.25, -0.2) is 0 Å². The summed E-state index contributed by atoms with van der Waals surface area (Å²) in [5.41, 5.74) is 5.70. The summed E-state index contributed by atoms with van der Waals surface area (Å²) in [5.74, 6) is 0. The van der Waals surface area contributed by atoms with E-state index in [0.717, 1.165) is 48.0 Å². The Labute approximate surface area is 211 Å². The second-order valence-corrected chi connectivity index (χ2v) is 9.75. The van der Waals surface area contributed by atoms with Gasteiger partial charge in [0.2, 0.25) is 0 Å². The van der Waals surface area contributed by atoms with E-state index in [9.17, 15) is 0 Å². The third kappa shape index (κ3) is 7.58. The molecule has 0 aliphatic carbocycles. The molecule has 5 nitrogen and oxygen atoms in total. The molecule has 2 N–H and O–H groups in total. The van der Waals surface area contributed by atoms with E-state index >= 15 is 0 Å². The van der Waals surface area contributed by atoms with Gasteiger partial charge in [-0.1, -0.05) is 63.9 Å². The van der Waals surface area contributed by atoms with Crippen LogP contribution >= 0.6 is 0 Å². The van der Waals surface area contributed by atoms with Crippen LogP contribution in [-0.2, 0) is 4.84 Å². The molecule has 2 aromatic heterocycles. The number of H-pyrrole nitrogens is 1. The van der Waals surface area contributed by atoms with E-state index in [0.29, 0.717) is 12.9 Å². The Bertz CT molecular complexity index is 1190. The quantitative estimate of drug-likeness (QED) is 0.172. The van der Waals surface area contributed by atoms with Gasteiger partial charge in [0.15, 0.2) is 0 Å². The highest BCUT2D eigenvalue weighted by molar-refractivity contribution is 6.09. The van der Waals surface area contributed by atoms with Crippen molar-refractivity contribution < 1.29 is 4.84 Å². The number of unbranched alkanes of at least 4 members (excludes halogenated alkanes) is 1. The van der Waals surface area contributed by atoms with Crippen molar-refractivity contribution in [2.45, 2.75) is 46.9 Å². The van der Waals surface area contributed by atoms with Crippen LogP contribution in [0.4, 0.5) is 0 Å². The lowest BCUT2D eigenvalue weighted by atomic mass is 9.80. The van der Waals surface area contributed by atoms with Crippen molar-refractivity contribution in [2.75, 3.05) is 26.7 Å². The van der Waals surface area contributed by atoms with Crippen molar-refractivity contribution in [2.24, 2.45) is 5.41 Å². The number of aromatic amines is 1. The minimum absolute atomic E-state index is 0.0216. The minimum Gasteiger partial charge on any atom is -0.384 e. The highest BCUT2D eigenvalue weighted by Crippen LogP contribution is 2.28. The molecule has 0 saturated heterocycles. The van der Waals surface area contributed by atoms with Crippen LogP contribution in [-0.4, -0.2) is 49.6 Å². The molecule has 3 aromatic rings. The average molecular weight is 470 g/mol. The van der Waals surface area contributed by atoms with Gasteiger partial charge in [-0.3, -0.25) is 9.82 Å². The number of benzene rings is 1. The molecule has 0 aliphatic heterocycles. The van der Waals surface area contributed by atoms with Gasteiger partial charge >= 0.3 is 0 Å². The van der Waals surface area contributed by atoms with Crippen LogP contribution in [0, 0.1) is 5.41 Å². The summed E-state index contributed by atoms with van der Waals surface area (Å²) in [6.45, 7) is 10.7. The number of likely N-dealkylation sites (N-methyl/N-ethyl adjacent to an activating group) is 1. The second kappa shape index (κ2) is 12.8. The number of nitrogens with zero attached hydrogens (tertiary/aromatic N) is 2. The molecule has 6 heteroatoms. The zero-order valence-electron chi connectivity index (χ0n) is 21.9. The lowest BCUT2D eigenvalue weighted by molar-refractivity contribution is -0.159. The van der Waals surface area contributed by atoms with Gasteiger partial charge in [-0.15, -0.1) is 0 Å². The zero-order chi connectivity index (χ0) is 25.3. The molecule has 0 amide bonds. The number of nitrogens with one attached hydrogen (secondary N) is 2. The van der Waals surface area contributed by atoms with Crippen molar-refractivity contribution in [1.82, 2.24) is 20.3 Å². The van der Waals surface area contributed by atoms with E-state index in [1.54, 1.807) is 0 Å². The molecule has 0 fully saturated rings. The first-order chi connectivity index (χ1) is 16.9. The maximum atomic E-state index is 5.85.